The maximum atomic E-state index is 12.7. The minimum atomic E-state index is -0.247. The fourth-order valence-electron chi connectivity index (χ4n) is 1.46. The molecule has 13 heavy (non-hydrogen) atoms. The van der Waals surface area contributed by atoms with Crippen molar-refractivity contribution in [1.29, 1.82) is 0 Å². The molecule has 2 rings (SSSR count). The van der Waals surface area contributed by atoms with E-state index in [4.69, 9.17) is 4.74 Å². The molecule has 0 radical (unpaired) electrons. The second kappa shape index (κ2) is 3.75. The Morgan fingerprint density at radius 1 is 1.46 bits per heavy atom. The van der Waals surface area contributed by atoms with Gasteiger partial charge in [0.25, 0.3) is 0 Å². The van der Waals surface area contributed by atoms with E-state index in [0.29, 0.717) is 5.75 Å². The summed E-state index contributed by atoms with van der Waals surface area (Å²) in [4.78, 5) is 0. The van der Waals surface area contributed by atoms with E-state index in [2.05, 4.69) is 5.32 Å². The van der Waals surface area contributed by atoms with Crippen LogP contribution in [0.3, 0.4) is 0 Å². The van der Waals surface area contributed by atoms with Crippen molar-refractivity contribution in [2.45, 2.75) is 12.5 Å². The predicted octanol–water partition coefficient (Wildman–Crippen LogP) is 1.57. The summed E-state index contributed by atoms with van der Waals surface area (Å²) in [5, 5.41) is 3.19. The zero-order valence-electron chi connectivity index (χ0n) is 7.29. The molecule has 1 aromatic rings. The Kier molecular flexibility index (Phi) is 2.45. The summed E-state index contributed by atoms with van der Waals surface area (Å²) in [5.41, 5.74) is 0. The Morgan fingerprint density at radius 2 is 2.38 bits per heavy atom. The highest BCUT2D eigenvalue weighted by Crippen LogP contribution is 2.15. The zero-order chi connectivity index (χ0) is 9.10. The van der Waals surface area contributed by atoms with Crippen molar-refractivity contribution in [3.05, 3.63) is 30.1 Å². The third kappa shape index (κ3) is 2.18. The van der Waals surface area contributed by atoms with Crippen LogP contribution in [0.1, 0.15) is 6.42 Å². The minimum Gasteiger partial charge on any atom is -0.489 e. The molecule has 2 nitrogen and oxygen atoms in total. The lowest BCUT2D eigenvalue weighted by molar-refractivity contribution is 0.222. The zero-order valence-corrected chi connectivity index (χ0v) is 7.29. The van der Waals surface area contributed by atoms with Crippen LogP contribution in [0.2, 0.25) is 0 Å². The first-order chi connectivity index (χ1) is 6.34. The molecule has 1 aliphatic heterocycles. The van der Waals surface area contributed by atoms with Gasteiger partial charge in [-0.2, -0.15) is 0 Å². The first-order valence-corrected chi connectivity index (χ1v) is 4.47. The number of rotatable bonds is 2. The van der Waals surface area contributed by atoms with Gasteiger partial charge in [-0.25, -0.2) is 4.39 Å². The summed E-state index contributed by atoms with van der Waals surface area (Å²) in [6.45, 7) is 1.84. The summed E-state index contributed by atoms with van der Waals surface area (Å²) < 4.78 is 18.3. The standard InChI is InChI=1S/C10H12FNO/c11-8-2-1-3-9(6-8)13-10-4-5-12-7-10/h1-3,6,10,12H,4-5,7H2. The normalized spacial score (nSPS) is 21.8. The lowest BCUT2D eigenvalue weighted by Crippen LogP contribution is -2.19. The fourth-order valence-corrected chi connectivity index (χ4v) is 1.46. The average molecular weight is 181 g/mol. The van der Waals surface area contributed by atoms with Crippen molar-refractivity contribution in [3.8, 4) is 5.75 Å². The molecule has 1 unspecified atom stereocenters. The van der Waals surface area contributed by atoms with Crippen molar-refractivity contribution in [2.24, 2.45) is 0 Å². The Bertz CT molecular complexity index is 284. The number of benzene rings is 1. The quantitative estimate of drug-likeness (QED) is 0.747. The van der Waals surface area contributed by atoms with Crippen molar-refractivity contribution >= 4 is 0 Å². The Morgan fingerprint density at radius 3 is 3.08 bits per heavy atom. The van der Waals surface area contributed by atoms with Crippen LogP contribution in [0, 0.1) is 5.82 Å². The second-order valence-electron chi connectivity index (χ2n) is 3.19. The van der Waals surface area contributed by atoms with Crippen molar-refractivity contribution in [2.75, 3.05) is 13.1 Å². The van der Waals surface area contributed by atoms with E-state index in [1.165, 1.54) is 12.1 Å². The van der Waals surface area contributed by atoms with E-state index < -0.39 is 0 Å². The largest absolute Gasteiger partial charge is 0.489 e. The van der Waals surface area contributed by atoms with Gasteiger partial charge >= 0.3 is 0 Å². The first kappa shape index (κ1) is 8.51. The van der Waals surface area contributed by atoms with Gasteiger partial charge in [-0.1, -0.05) is 6.07 Å². The van der Waals surface area contributed by atoms with Crippen LogP contribution in [0.15, 0.2) is 24.3 Å². The van der Waals surface area contributed by atoms with E-state index in [9.17, 15) is 4.39 Å². The number of halogens is 1. The molecule has 3 heteroatoms. The molecule has 1 aromatic carbocycles. The van der Waals surface area contributed by atoms with Crippen LogP contribution in [0.4, 0.5) is 4.39 Å². The highest BCUT2D eigenvalue weighted by molar-refractivity contribution is 5.22. The van der Waals surface area contributed by atoms with Gasteiger partial charge in [0.05, 0.1) is 0 Å². The fraction of sp³-hybridized carbons (Fsp3) is 0.400. The SMILES string of the molecule is Fc1cccc(OC2CCNC2)c1. The third-order valence-electron chi connectivity index (χ3n) is 2.11. The molecular weight excluding hydrogens is 169 g/mol. The lowest BCUT2D eigenvalue weighted by atomic mass is 10.3. The van der Waals surface area contributed by atoms with Gasteiger partial charge in [0.2, 0.25) is 0 Å². The summed E-state index contributed by atoms with van der Waals surface area (Å²) in [6, 6.07) is 6.27. The van der Waals surface area contributed by atoms with Crippen LogP contribution in [0.25, 0.3) is 0 Å². The Hall–Kier alpha value is -1.09. The summed E-state index contributed by atoms with van der Waals surface area (Å²) in [7, 11) is 0. The number of ether oxygens (including phenoxy) is 1. The Labute approximate surface area is 76.7 Å². The molecule has 1 saturated heterocycles. The number of hydrogen-bond acceptors (Lipinski definition) is 2. The molecule has 0 saturated carbocycles. The first-order valence-electron chi connectivity index (χ1n) is 4.47. The molecule has 70 valence electrons. The van der Waals surface area contributed by atoms with Gasteiger partial charge in [-0.3, -0.25) is 0 Å². The molecule has 1 N–H and O–H groups in total. The van der Waals surface area contributed by atoms with Crippen LogP contribution in [-0.4, -0.2) is 19.2 Å². The molecule has 1 heterocycles. The van der Waals surface area contributed by atoms with Gasteiger partial charge in [-0.15, -0.1) is 0 Å². The molecule has 0 amide bonds. The number of hydrogen-bond donors (Lipinski definition) is 1. The van der Waals surface area contributed by atoms with Crippen molar-refractivity contribution in [3.63, 3.8) is 0 Å². The van der Waals surface area contributed by atoms with E-state index in [1.807, 2.05) is 0 Å². The molecule has 0 spiro atoms. The van der Waals surface area contributed by atoms with Crippen LogP contribution >= 0.6 is 0 Å². The maximum absolute atomic E-state index is 12.7. The molecular formula is C10H12FNO. The molecule has 0 aromatic heterocycles. The second-order valence-corrected chi connectivity index (χ2v) is 3.19. The highest BCUT2D eigenvalue weighted by atomic mass is 19.1. The van der Waals surface area contributed by atoms with E-state index in [1.54, 1.807) is 12.1 Å². The summed E-state index contributed by atoms with van der Waals surface area (Å²) >= 11 is 0. The Balaban J connectivity index is 2.00. The van der Waals surface area contributed by atoms with Gasteiger partial charge < -0.3 is 10.1 Å². The van der Waals surface area contributed by atoms with E-state index >= 15 is 0 Å². The smallest absolute Gasteiger partial charge is 0.126 e. The van der Waals surface area contributed by atoms with E-state index in [0.717, 1.165) is 19.5 Å². The van der Waals surface area contributed by atoms with Crippen LogP contribution in [0.5, 0.6) is 5.75 Å². The van der Waals surface area contributed by atoms with Crippen molar-refractivity contribution in [1.82, 2.24) is 5.32 Å². The predicted molar refractivity (Wildman–Crippen MR) is 48.3 cm³/mol. The van der Waals surface area contributed by atoms with E-state index in [-0.39, 0.29) is 11.9 Å². The maximum Gasteiger partial charge on any atom is 0.126 e. The molecule has 1 fully saturated rings. The summed E-state index contributed by atoms with van der Waals surface area (Å²) in [6.07, 6.45) is 1.19. The van der Waals surface area contributed by atoms with Gasteiger partial charge in [0.1, 0.15) is 17.7 Å². The van der Waals surface area contributed by atoms with Crippen molar-refractivity contribution < 1.29 is 9.13 Å². The molecule has 1 aliphatic rings. The lowest BCUT2D eigenvalue weighted by Gasteiger charge is -2.11. The van der Waals surface area contributed by atoms with Crippen LogP contribution in [-0.2, 0) is 0 Å². The minimum absolute atomic E-state index is 0.196. The molecule has 0 aliphatic carbocycles. The number of nitrogens with one attached hydrogen (secondary N) is 1. The van der Waals surface area contributed by atoms with Crippen LogP contribution < -0.4 is 10.1 Å². The molecule has 0 bridgehead atoms. The monoisotopic (exact) mass is 181 g/mol. The highest BCUT2D eigenvalue weighted by Gasteiger charge is 2.15. The third-order valence-corrected chi connectivity index (χ3v) is 2.11. The average Bonchev–Trinajstić information content (AvgIpc) is 2.57. The van der Waals surface area contributed by atoms with Gasteiger partial charge in [0, 0.05) is 12.6 Å². The van der Waals surface area contributed by atoms with Gasteiger partial charge in [-0.05, 0) is 25.1 Å². The molecule has 1 atom stereocenters. The summed E-state index contributed by atoms with van der Waals surface area (Å²) in [5.74, 6) is 0.372. The van der Waals surface area contributed by atoms with Gasteiger partial charge in [0.15, 0.2) is 0 Å². The topological polar surface area (TPSA) is 21.3 Å².